The molecule has 7 heteroatoms. The molecule has 0 aromatic heterocycles. The van der Waals surface area contributed by atoms with Gasteiger partial charge in [0, 0.05) is 16.6 Å². The molecule has 0 bridgehead atoms. The lowest BCUT2D eigenvalue weighted by molar-refractivity contribution is -0.118. The first-order valence-electron chi connectivity index (χ1n) is 8.43. The number of hydrogen-bond acceptors (Lipinski definition) is 3. The molecule has 2 rings (SSSR count). The van der Waals surface area contributed by atoms with Gasteiger partial charge in [0.05, 0.1) is 0 Å². The fourth-order valence-electron chi connectivity index (χ4n) is 2.32. The molecular formula is C20H22BrFN2O3. The topological polar surface area (TPSA) is 67.4 Å². The molecule has 0 aliphatic rings. The van der Waals surface area contributed by atoms with Gasteiger partial charge in [-0.3, -0.25) is 4.79 Å². The Labute approximate surface area is 166 Å². The van der Waals surface area contributed by atoms with Crippen molar-refractivity contribution in [2.75, 3.05) is 5.32 Å². The zero-order valence-electron chi connectivity index (χ0n) is 15.4. The fraction of sp³-hybridized carbons (Fsp3) is 0.300. The summed E-state index contributed by atoms with van der Waals surface area (Å²) in [6.45, 7) is 5.20. The van der Waals surface area contributed by atoms with Crippen LogP contribution < -0.4 is 10.6 Å². The van der Waals surface area contributed by atoms with Gasteiger partial charge in [-0.15, -0.1) is 0 Å². The van der Waals surface area contributed by atoms with Crippen molar-refractivity contribution in [3.63, 3.8) is 0 Å². The molecule has 1 atom stereocenters. The molecule has 2 aromatic carbocycles. The van der Waals surface area contributed by atoms with E-state index in [-0.39, 0.29) is 6.42 Å². The second kappa shape index (κ2) is 8.99. The monoisotopic (exact) mass is 436 g/mol. The molecule has 2 amide bonds. The molecule has 144 valence electrons. The molecule has 0 spiro atoms. The zero-order valence-corrected chi connectivity index (χ0v) is 17.0. The van der Waals surface area contributed by atoms with Crippen LogP contribution in [0.25, 0.3) is 0 Å². The third-order valence-corrected chi connectivity index (χ3v) is 3.98. The smallest absolute Gasteiger partial charge is 0.408 e. The van der Waals surface area contributed by atoms with E-state index in [2.05, 4.69) is 26.6 Å². The van der Waals surface area contributed by atoms with E-state index in [1.807, 2.05) is 0 Å². The Balaban J connectivity index is 2.15. The van der Waals surface area contributed by atoms with E-state index in [1.165, 1.54) is 12.1 Å². The maximum absolute atomic E-state index is 13.5. The summed E-state index contributed by atoms with van der Waals surface area (Å²) in [5, 5.41) is 5.32. The largest absolute Gasteiger partial charge is 0.444 e. The van der Waals surface area contributed by atoms with Crippen molar-refractivity contribution in [1.82, 2.24) is 5.32 Å². The van der Waals surface area contributed by atoms with Gasteiger partial charge < -0.3 is 15.4 Å². The van der Waals surface area contributed by atoms with Gasteiger partial charge in [-0.25, -0.2) is 9.18 Å². The number of halogens is 2. The molecule has 2 aromatic rings. The molecule has 5 nitrogen and oxygen atoms in total. The van der Waals surface area contributed by atoms with E-state index in [1.54, 1.807) is 57.2 Å². The van der Waals surface area contributed by atoms with Crippen molar-refractivity contribution in [2.45, 2.75) is 38.8 Å². The lowest BCUT2D eigenvalue weighted by Crippen LogP contribution is -2.47. The third-order valence-electron chi connectivity index (χ3n) is 3.45. The molecular weight excluding hydrogens is 415 g/mol. The van der Waals surface area contributed by atoms with Gasteiger partial charge in [0.15, 0.2) is 0 Å². The molecule has 0 saturated carbocycles. The Bertz CT molecular complexity index is 804. The maximum Gasteiger partial charge on any atom is 0.408 e. The van der Waals surface area contributed by atoms with Crippen LogP contribution in [0.1, 0.15) is 26.3 Å². The lowest BCUT2D eigenvalue weighted by Gasteiger charge is -2.23. The first-order chi connectivity index (χ1) is 12.6. The summed E-state index contributed by atoms with van der Waals surface area (Å²) >= 11 is 3.33. The lowest BCUT2D eigenvalue weighted by atomic mass is 10.0. The van der Waals surface area contributed by atoms with Crippen LogP contribution in [0.5, 0.6) is 0 Å². The quantitative estimate of drug-likeness (QED) is 0.715. The number of benzene rings is 2. The van der Waals surface area contributed by atoms with Crippen LogP contribution in [-0.4, -0.2) is 23.6 Å². The molecule has 27 heavy (non-hydrogen) atoms. The van der Waals surface area contributed by atoms with E-state index in [4.69, 9.17) is 4.74 Å². The second-order valence-electron chi connectivity index (χ2n) is 7.03. The van der Waals surface area contributed by atoms with Crippen LogP contribution in [0.4, 0.5) is 14.9 Å². The number of rotatable bonds is 5. The molecule has 0 unspecified atom stereocenters. The highest BCUT2D eigenvalue weighted by Crippen LogP contribution is 2.15. The van der Waals surface area contributed by atoms with Crippen molar-refractivity contribution in [1.29, 1.82) is 0 Å². The van der Waals surface area contributed by atoms with E-state index in [0.29, 0.717) is 11.3 Å². The molecule has 0 aliphatic carbocycles. The van der Waals surface area contributed by atoms with Crippen molar-refractivity contribution in [3.8, 4) is 0 Å². The van der Waals surface area contributed by atoms with E-state index in [9.17, 15) is 14.0 Å². The van der Waals surface area contributed by atoms with E-state index >= 15 is 0 Å². The third kappa shape index (κ3) is 7.38. The second-order valence-corrected chi connectivity index (χ2v) is 7.94. The number of nitrogens with one attached hydrogen (secondary N) is 2. The Hall–Kier alpha value is -2.41. The van der Waals surface area contributed by atoms with Crippen LogP contribution in [0.15, 0.2) is 53.0 Å². The van der Waals surface area contributed by atoms with E-state index < -0.39 is 29.5 Å². The number of hydrogen-bond donors (Lipinski definition) is 2. The first kappa shape index (κ1) is 20.9. The number of carbonyl (C=O) groups is 2. The summed E-state index contributed by atoms with van der Waals surface area (Å²) in [6, 6.07) is 12.0. The predicted molar refractivity (Wildman–Crippen MR) is 106 cm³/mol. The van der Waals surface area contributed by atoms with Crippen LogP contribution in [0.2, 0.25) is 0 Å². The number of amides is 2. The Kier molecular flexibility index (Phi) is 6.96. The molecule has 0 radical (unpaired) electrons. The highest BCUT2D eigenvalue weighted by Gasteiger charge is 2.25. The highest BCUT2D eigenvalue weighted by atomic mass is 79.9. The van der Waals surface area contributed by atoms with Gasteiger partial charge in [-0.1, -0.05) is 28.1 Å². The van der Waals surface area contributed by atoms with Crippen molar-refractivity contribution in [2.24, 2.45) is 0 Å². The normalized spacial score (nSPS) is 12.2. The Morgan fingerprint density at radius 1 is 1.15 bits per heavy atom. The SMILES string of the molecule is CC(C)(C)OC(=O)N[C@H](Cc1cccc(F)c1)C(=O)Nc1ccc(Br)cc1. The molecule has 2 N–H and O–H groups in total. The molecule has 0 aliphatic heterocycles. The molecule has 0 fully saturated rings. The summed E-state index contributed by atoms with van der Waals surface area (Å²) in [4.78, 5) is 24.8. The molecule has 0 heterocycles. The van der Waals surface area contributed by atoms with Gasteiger partial charge >= 0.3 is 6.09 Å². The number of ether oxygens (including phenoxy) is 1. The Morgan fingerprint density at radius 3 is 2.41 bits per heavy atom. The molecule has 0 saturated heterocycles. The van der Waals surface area contributed by atoms with Crippen LogP contribution in [0.3, 0.4) is 0 Å². The predicted octanol–water partition coefficient (Wildman–Crippen LogP) is 4.66. The van der Waals surface area contributed by atoms with Gasteiger partial charge in [0.1, 0.15) is 17.5 Å². The van der Waals surface area contributed by atoms with Gasteiger partial charge in [0.2, 0.25) is 5.91 Å². The van der Waals surface area contributed by atoms with Crippen LogP contribution >= 0.6 is 15.9 Å². The number of carbonyl (C=O) groups excluding carboxylic acids is 2. The van der Waals surface area contributed by atoms with Crippen molar-refractivity contribution in [3.05, 3.63) is 64.4 Å². The average Bonchev–Trinajstić information content (AvgIpc) is 2.54. The van der Waals surface area contributed by atoms with Gasteiger partial charge in [0.25, 0.3) is 0 Å². The minimum Gasteiger partial charge on any atom is -0.444 e. The highest BCUT2D eigenvalue weighted by molar-refractivity contribution is 9.10. The van der Waals surface area contributed by atoms with Crippen LogP contribution in [-0.2, 0) is 16.0 Å². The van der Waals surface area contributed by atoms with Crippen molar-refractivity contribution >= 4 is 33.6 Å². The van der Waals surface area contributed by atoms with Gasteiger partial charge in [-0.2, -0.15) is 0 Å². The average molecular weight is 437 g/mol. The Morgan fingerprint density at radius 2 is 1.81 bits per heavy atom. The summed E-state index contributed by atoms with van der Waals surface area (Å²) in [5.74, 6) is -0.829. The summed E-state index contributed by atoms with van der Waals surface area (Å²) < 4.78 is 19.6. The van der Waals surface area contributed by atoms with Gasteiger partial charge in [-0.05, 0) is 62.7 Å². The minimum atomic E-state index is -0.926. The van der Waals surface area contributed by atoms with Crippen molar-refractivity contribution < 1.29 is 18.7 Å². The maximum atomic E-state index is 13.5. The zero-order chi connectivity index (χ0) is 20.0. The minimum absolute atomic E-state index is 0.124. The van der Waals surface area contributed by atoms with Crippen LogP contribution in [0, 0.1) is 5.82 Å². The standard InChI is InChI=1S/C20H22BrFN2O3/c1-20(2,3)27-19(26)24-17(12-13-5-4-6-15(22)11-13)18(25)23-16-9-7-14(21)8-10-16/h4-11,17H,12H2,1-3H3,(H,23,25)(H,24,26)/t17-/m1/s1. The fourth-order valence-corrected chi connectivity index (χ4v) is 2.59. The summed E-state index contributed by atoms with van der Waals surface area (Å²) in [7, 11) is 0. The number of anilines is 1. The first-order valence-corrected chi connectivity index (χ1v) is 9.22. The number of alkyl carbamates (subject to hydrolysis) is 1. The van der Waals surface area contributed by atoms with E-state index in [0.717, 1.165) is 4.47 Å². The summed E-state index contributed by atoms with van der Waals surface area (Å²) in [6.07, 6.45) is -0.589. The summed E-state index contributed by atoms with van der Waals surface area (Å²) in [5.41, 5.74) is 0.468.